The molecule has 0 saturated heterocycles. The Kier molecular flexibility index (Phi) is 3.30. The lowest BCUT2D eigenvalue weighted by Crippen LogP contribution is -1.94. The van der Waals surface area contributed by atoms with Crippen LogP contribution in [-0.4, -0.2) is 12.1 Å². The Morgan fingerprint density at radius 3 is 2.78 bits per heavy atom. The number of nitrogens with zero attached hydrogens (tertiary/aromatic N) is 2. The number of nitriles is 1. The minimum absolute atomic E-state index is 0.300. The zero-order chi connectivity index (χ0) is 13.0. The van der Waals surface area contributed by atoms with Gasteiger partial charge in [0.1, 0.15) is 23.3 Å². The van der Waals surface area contributed by atoms with E-state index in [1.807, 2.05) is 6.07 Å². The highest BCUT2D eigenvalue weighted by molar-refractivity contribution is 5.56. The maximum atomic E-state index is 8.74. The summed E-state index contributed by atoms with van der Waals surface area (Å²) in [6.07, 6.45) is 0. The molecule has 0 saturated carbocycles. The minimum atomic E-state index is 0.300. The minimum Gasteiger partial charge on any atom is -0.495 e. The highest BCUT2D eigenvalue weighted by atomic mass is 16.5. The van der Waals surface area contributed by atoms with Crippen molar-refractivity contribution < 1.29 is 9.47 Å². The quantitative estimate of drug-likeness (QED) is 0.834. The third kappa shape index (κ3) is 2.50. The maximum absolute atomic E-state index is 8.74. The number of nitrogen functional groups attached to an aromatic ring is 1. The van der Waals surface area contributed by atoms with Gasteiger partial charge in [0, 0.05) is 12.1 Å². The lowest BCUT2D eigenvalue weighted by molar-refractivity contribution is 0.414. The number of hydrogen-bond acceptors (Lipinski definition) is 5. The molecule has 0 aliphatic heterocycles. The molecule has 0 unspecified atom stereocenters. The molecule has 0 spiro atoms. The van der Waals surface area contributed by atoms with Crippen molar-refractivity contribution in [2.24, 2.45) is 0 Å². The molecule has 0 amide bonds. The Hall–Kier alpha value is -2.74. The second-order valence-corrected chi connectivity index (χ2v) is 3.48. The van der Waals surface area contributed by atoms with Crippen molar-refractivity contribution in [1.29, 1.82) is 5.26 Å². The van der Waals surface area contributed by atoms with Gasteiger partial charge in [0.15, 0.2) is 0 Å². The molecule has 1 aromatic carbocycles. The molecule has 0 aliphatic carbocycles. The van der Waals surface area contributed by atoms with Crippen LogP contribution in [0.4, 0.5) is 5.69 Å². The van der Waals surface area contributed by atoms with Crippen molar-refractivity contribution in [3.8, 4) is 23.4 Å². The Balaban J connectivity index is 2.23. The first-order valence-corrected chi connectivity index (χ1v) is 5.21. The number of pyridine rings is 1. The van der Waals surface area contributed by atoms with Crippen LogP contribution in [0, 0.1) is 11.3 Å². The number of rotatable bonds is 3. The molecule has 2 aromatic rings. The van der Waals surface area contributed by atoms with Crippen molar-refractivity contribution in [1.82, 2.24) is 4.98 Å². The molecule has 18 heavy (non-hydrogen) atoms. The summed E-state index contributed by atoms with van der Waals surface area (Å²) in [6.45, 7) is 0. The molecule has 0 aliphatic rings. The summed E-state index contributed by atoms with van der Waals surface area (Å²) in [4.78, 5) is 4.00. The van der Waals surface area contributed by atoms with E-state index in [4.69, 9.17) is 20.5 Å². The van der Waals surface area contributed by atoms with E-state index in [2.05, 4.69) is 4.98 Å². The third-order valence-corrected chi connectivity index (χ3v) is 2.26. The van der Waals surface area contributed by atoms with E-state index >= 15 is 0 Å². The first-order valence-electron chi connectivity index (χ1n) is 5.21. The molecule has 0 radical (unpaired) electrons. The predicted molar refractivity (Wildman–Crippen MR) is 66.4 cm³/mol. The van der Waals surface area contributed by atoms with Crippen LogP contribution in [0.2, 0.25) is 0 Å². The molecule has 90 valence electrons. The topological polar surface area (TPSA) is 81.2 Å². The molecule has 0 fully saturated rings. The maximum Gasteiger partial charge on any atom is 0.220 e. The third-order valence-electron chi connectivity index (χ3n) is 2.26. The van der Waals surface area contributed by atoms with Gasteiger partial charge in [-0.2, -0.15) is 5.26 Å². The van der Waals surface area contributed by atoms with Gasteiger partial charge in [-0.25, -0.2) is 4.98 Å². The van der Waals surface area contributed by atoms with Crippen LogP contribution in [0.25, 0.3) is 0 Å². The Labute approximate surface area is 104 Å². The van der Waals surface area contributed by atoms with Gasteiger partial charge in [-0.3, -0.25) is 0 Å². The first-order chi connectivity index (χ1) is 8.72. The first kappa shape index (κ1) is 11.7. The standard InChI is InChI=1S/C13H11N3O2/c1-17-12-6-5-10(7-11(12)15)18-13-4-2-3-9(8-14)16-13/h2-7H,15H2,1H3. The average Bonchev–Trinajstić information content (AvgIpc) is 2.39. The van der Waals surface area contributed by atoms with E-state index in [-0.39, 0.29) is 0 Å². The number of anilines is 1. The van der Waals surface area contributed by atoms with Crippen molar-refractivity contribution in [3.63, 3.8) is 0 Å². The molecule has 2 N–H and O–H groups in total. The Morgan fingerprint density at radius 1 is 1.28 bits per heavy atom. The van der Waals surface area contributed by atoms with Gasteiger partial charge < -0.3 is 15.2 Å². The van der Waals surface area contributed by atoms with Gasteiger partial charge >= 0.3 is 0 Å². The fraction of sp³-hybridized carbons (Fsp3) is 0.0769. The smallest absolute Gasteiger partial charge is 0.220 e. The predicted octanol–water partition coefficient (Wildman–Crippen LogP) is 2.34. The summed E-state index contributed by atoms with van der Waals surface area (Å²) in [7, 11) is 1.55. The lowest BCUT2D eigenvalue weighted by atomic mass is 10.3. The highest BCUT2D eigenvalue weighted by Crippen LogP contribution is 2.28. The summed E-state index contributed by atoms with van der Waals surface area (Å²) in [5.74, 6) is 1.47. The molecule has 0 bridgehead atoms. The van der Waals surface area contributed by atoms with Gasteiger partial charge in [-0.1, -0.05) is 6.07 Å². The van der Waals surface area contributed by atoms with Crippen LogP contribution in [0.1, 0.15) is 5.69 Å². The van der Waals surface area contributed by atoms with Gasteiger partial charge in [-0.15, -0.1) is 0 Å². The zero-order valence-electron chi connectivity index (χ0n) is 9.75. The number of methoxy groups -OCH3 is 1. The molecular weight excluding hydrogens is 230 g/mol. The molecular formula is C13H11N3O2. The SMILES string of the molecule is COc1ccc(Oc2cccc(C#N)n2)cc1N. The van der Waals surface area contributed by atoms with Crippen LogP contribution in [-0.2, 0) is 0 Å². The van der Waals surface area contributed by atoms with E-state index in [9.17, 15) is 0 Å². The summed E-state index contributed by atoms with van der Waals surface area (Å²) in [5, 5.41) is 8.74. The van der Waals surface area contributed by atoms with Crippen LogP contribution in [0.5, 0.6) is 17.4 Å². The second-order valence-electron chi connectivity index (χ2n) is 3.48. The Bertz CT molecular complexity index is 605. The number of ether oxygens (including phenoxy) is 2. The Morgan fingerprint density at radius 2 is 2.11 bits per heavy atom. The summed E-state index contributed by atoms with van der Waals surface area (Å²) in [5.41, 5.74) is 6.54. The van der Waals surface area contributed by atoms with Gasteiger partial charge in [-0.05, 0) is 18.2 Å². The molecule has 0 atom stereocenters. The van der Waals surface area contributed by atoms with Crippen LogP contribution < -0.4 is 15.2 Å². The van der Waals surface area contributed by atoms with Gasteiger partial charge in [0.05, 0.1) is 12.8 Å². The monoisotopic (exact) mass is 241 g/mol. The van der Waals surface area contributed by atoms with Crippen LogP contribution in [0.15, 0.2) is 36.4 Å². The highest BCUT2D eigenvalue weighted by Gasteiger charge is 2.04. The van der Waals surface area contributed by atoms with E-state index in [1.54, 1.807) is 43.5 Å². The van der Waals surface area contributed by atoms with Gasteiger partial charge in [0.2, 0.25) is 5.88 Å². The molecule has 1 aromatic heterocycles. The van der Waals surface area contributed by atoms with E-state index in [1.165, 1.54) is 0 Å². The van der Waals surface area contributed by atoms with E-state index in [0.29, 0.717) is 28.8 Å². The van der Waals surface area contributed by atoms with E-state index in [0.717, 1.165) is 0 Å². The largest absolute Gasteiger partial charge is 0.495 e. The van der Waals surface area contributed by atoms with Crippen molar-refractivity contribution in [2.75, 3.05) is 12.8 Å². The summed E-state index contributed by atoms with van der Waals surface area (Å²) >= 11 is 0. The molecule has 5 heteroatoms. The van der Waals surface area contributed by atoms with Crippen LogP contribution in [0.3, 0.4) is 0 Å². The van der Waals surface area contributed by atoms with Crippen molar-refractivity contribution >= 4 is 5.69 Å². The zero-order valence-corrected chi connectivity index (χ0v) is 9.75. The van der Waals surface area contributed by atoms with Crippen molar-refractivity contribution in [2.45, 2.75) is 0 Å². The normalized spacial score (nSPS) is 9.56. The number of aromatic nitrogens is 1. The second kappa shape index (κ2) is 5.06. The van der Waals surface area contributed by atoms with E-state index < -0.39 is 0 Å². The van der Waals surface area contributed by atoms with Gasteiger partial charge in [0.25, 0.3) is 0 Å². The summed E-state index contributed by atoms with van der Waals surface area (Å²) in [6, 6.07) is 12.0. The van der Waals surface area contributed by atoms with Crippen molar-refractivity contribution in [3.05, 3.63) is 42.1 Å². The average molecular weight is 241 g/mol. The lowest BCUT2D eigenvalue weighted by Gasteiger charge is -2.08. The number of nitrogens with two attached hydrogens (primary N) is 1. The number of hydrogen-bond donors (Lipinski definition) is 1. The molecule has 2 rings (SSSR count). The molecule has 5 nitrogen and oxygen atoms in total. The summed E-state index contributed by atoms with van der Waals surface area (Å²) < 4.78 is 10.6. The van der Waals surface area contributed by atoms with Crippen LogP contribution >= 0.6 is 0 Å². The number of benzene rings is 1. The fourth-order valence-corrected chi connectivity index (χ4v) is 1.43. The molecule has 1 heterocycles. The fourth-order valence-electron chi connectivity index (χ4n) is 1.43.